The van der Waals surface area contributed by atoms with Crippen LogP contribution in [-0.2, 0) is 6.42 Å². The lowest BCUT2D eigenvalue weighted by molar-refractivity contribution is 0.502. The summed E-state index contributed by atoms with van der Waals surface area (Å²) >= 11 is 0. The predicted molar refractivity (Wildman–Crippen MR) is 74.4 cm³/mol. The number of rotatable bonds is 5. The molecule has 0 aromatic carbocycles. The van der Waals surface area contributed by atoms with Crippen molar-refractivity contribution in [1.82, 2.24) is 4.98 Å². The lowest BCUT2D eigenvalue weighted by atomic mass is 10.0. The quantitative estimate of drug-likeness (QED) is 0.852. The standard InChI is InChI=1S/C14H25N3/c1-10(2)12(4)17(5)14-11(3)8-13(6-7-15)9-16-14/h8-10,12H,6-7,15H2,1-5H3. The number of nitrogens with zero attached hydrogens (tertiary/aromatic N) is 2. The molecule has 0 saturated carbocycles. The highest BCUT2D eigenvalue weighted by Gasteiger charge is 2.16. The molecule has 1 rings (SSSR count). The molecule has 1 atom stereocenters. The third kappa shape index (κ3) is 3.43. The Kier molecular flexibility index (Phi) is 4.94. The highest BCUT2D eigenvalue weighted by molar-refractivity contribution is 5.47. The van der Waals surface area contributed by atoms with Crippen molar-refractivity contribution >= 4 is 5.82 Å². The minimum absolute atomic E-state index is 0.488. The lowest BCUT2D eigenvalue weighted by Crippen LogP contribution is -2.34. The maximum absolute atomic E-state index is 5.56. The van der Waals surface area contributed by atoms with Crippen LogP contribution in [0, 0.1) is 12.8 Å². The predicted octanol–water partition coefficient (Wildman–Crippen LogP) is 2.37. The summed E-state index contributed by atoms with van der Waals surface area (Å²) < 4.78 is 0. The third-order valence-electron chi connectivity index (χ3n) is 3.45. The number of pyridine rings is 1. The molecule has 1 heterocycles. The van der Waals surface area contributed by atoms with Gasteiger partial charge in [-0.15, -0.1) is 0 Å². The Morgan fingerprint density at radius 3 is 2.47 bits per heavy atom. The van der Waals surface area contributed by atoms with Crippen LogP contribution in [0.2, 0.25) is 0 Å². The zero-order valence-electron chi connectivity index (χ0n) is 11.7. The van der Waals surface area contributed by atoms with Crippen LogP contribution in [0.5, 0.6) is 0 Å². The first-order valence-corrected chi connectivity index (χ1v) is 6.35. The second kappa shape index (κ2) is 6.01. The van der Waals surface area contributed by atoms with E-state index in [1.165, 1.54) is 11.1 Å². The zero-order chi connectivity index (χ0) is 13.0. The Labute approximate surface area is 105 Å². The van der Waals surface area contributed by atoms with Crippen molar-refractivity contribution in [3.63, 3.8) is 0 Å². The van der Waals surface area contributed by atoms with Gasteiger partial charge < -0.3 is 10.6 Å². The first-order valence-electron chi connectivity index (χ1n) is 6.35. The Hall–Kier alpha value is -1.09. The minimum atomic E-state index is 0.488. The van der Waals surface area contributed by atoms with Gasteiger partial charge in [-0.3, -0.25) is 0 Å². The highest BCUT2D eigenvalue weighted by atomic mass is 15.2. The maximum Gasteiger partial charge on any atom is 0.131 e. The second-order valence-corrected chi connectivity index (χ2v) is 5.12. The van der Waals surface area contributed by atoms with Crippen LogP contribution in [0.3, 0.4) is 0 Å². The third-order valence-corrected chi connectivity index (χ3v) is 3.45. The van der Waals surface area contributed by atoms with Gasteiger partial charge in [0.05, 0.1) is 0 Å². The molecule has 0 bridgehead atoms. The van der Waals surface area contributed by atoms with Crippen molar-refractivity contribution in [2.24, 2.45) is 11.7 Å². The van der Waals surface area contributed by atoms with Crippen LogP contribution < -0.4 is 10.6 Å². The van der Waals surface area contributed by atoms with E-state index in [9.17, 15) is 0 Å². The number of anilines is 1. The summed E-state index contributed by atoms with van der Waals surface area (Å²) in [4.78, 5) is 6.83. The van der Waals surface area contributed by atoms with E-state index in [1.807, 2.05) is 6.20 Å². The van der Waals surface area contributed by atoms with E-state index >= 15 is 0 Å². The molecule has 0 aliphatic rings. The molecule has 0 amide bonds. The zero-order valence-corrected chi connectivity index (χ0v) is 11.7. The van der Waals surface area contributed by atoms with Crippen LogP contribution in [0.4, 0.5) is 5.82 Å². The summed E-state index contributed by atoms with van der Waals surface area (Å²) in [7, 11) is 2.11. The van der Waals surface area contributed by atoms with E-state index in [1.54, 1.807) is 0 Å². The van der Waals surface area contributed by atoms with Crippen molar-refractivity contribution in [3.8, 4) is 0 Å². The summed E-state index contributed by atoms with van der Waals surface area (Å²) in [6.07, 6.45) is 2.84. The Balaban J connectivity index is 2.91. The summed E-state index contributed by atoms with van der Waals surface area (Å²) in [5, 5.41) is 0. The first kappa shape index (κ1) is 14.0. The van der Waals surface area contributed by atoms with E-state index in [0.29, 0.717) is 18.5 Å². The fourth-order valence-corrected chi connectivity index (χ4v) is 1.94. The molecule has 1 aromatic heterocycles. The highest BCUT2D eigenvalue weighted by Crippen LogP contribution is 2.21. The first-order chi connectivity index (χ1) is 7.97. The second-order valence-electron chi connectivity index (χ2n) is 5.12. The summed E-state index contributed by atoms with van der Waals surface area (Å²) in [5.74, 6) is 1.69. The van der Waals surface area contributed by atoms with Crippen molar-refractivity contribution in [3.05, 3.63) is 23.4 Å². The molecule has 96 valence electrons. The Bertz CT molecular complexity index is 360. The van der Waals surface area contributed by atoms with Gasteiger partial charge in [0.1, 0.15) is 5.82 Å². The van der Waals surface area contributed by atoms with E-state index in [-0.39, 0.29) is 0 Å². The van der Waals surface area contributed by atoms with E-state index in [2.05, 4.69) is 50.7 Å². The van der Waals surface area contributed by atoms with Crippen molar-refractivity contribution < 1.29 is 0 Å². The van der Waals surface area contributed by atoms with Crippen LogP contribution >= 0.6 is 0 Å². The van der Waals surface area contributed by atoms with Crippen molar-refractivity contribution in [2.45, 2.75) is 40.2 Å². The number of aryl methyl sites for hydroxylation is 1. The van der Waals surface area contributed by atoms with Crippen LogP contribution in [-0.4, -0.2) is 24.6 Å². The molecule has 1 aromatic rings. The molecule has 0 radical (unpaired) electrons. The molecule has 1 unspecified atom stereocenters. The van der Waals surface area contributed by atoms with Gasteiger partial charge in [-0.25, -0.2) is 4.98 Å². The Morgan fingerprint density at radius 1 is 1.35 bits per heavy atom. The van der Waals surface area contributed by atoms with Crippen LogP contribution in [0.15, 0.2) is 12.3 Å². The molecule has 0 aliphatic carbocycles. The normalized spacial score (nSPS) is 12.9. The van der Waals surface area contributed by atoms with Crippen molar-refractivity contribution in [2.75, 3.05) is 18.5 Å². The molecular formula is C14H25N3. The molecule has 0 spiro atoms. The summed E-state index contributed by atoms with van der Waals surface area (Å²) in [6, 6.07) is 2.68. The van der Waals surface area contributed by atoms with E-state index < -0.39 is 0 Å². The molecular weight excluding hydrogens is 210 g/mol. The average Bonchev–Trinajstić information content (AvgIpc) is 2.27. The van der Waals surface area contributed by atoms with Gasteiger partial charge in [-0.05, 0) is 43.9 Å². The summed E-state index contributed by atoms with van der Waals surface area (Å²) in [5.41, 5.74) is 8.01. The lowest BCUT2D eigenvalue weighted by Gasteiger charge is -2.30. The van der Waals surface area contributed by atoms with Gasteiger partial charge in [0.2, 0.25) is 0 Å². The number of hydrogen-bond donors (Lipinski definition) is 1. The fourth-order valence-electron chi connectivity index (χ4n) is 1.94. The average molecular weight is 235 g/mol. The van der Waals surface area contributed by atoms with Crippen molar-refractivity contribution in [1.29, 1.82) is 0 Å². The van der Waals surface area contributed by atoms with E-state index in [4.69, 9.17) is 5.73 Å². The smallest absolute Gasteiger partial charge is 0.131 e. The van der Waals surface area contributed by atoms with Gasteiger partial charge in [0, 0.05) is 19.3 Å². The monoisotopic (exact) mass is 235 g/mol. The van der Waals surface area contributed by atoms with Gasteiger partial charge in [0.25, 0.3) is 0 Å². The van der Waals surface area contributed by atoms with Gasteiger partial charge in [0.15, 0.2) is 0 Å². The summed E-state index contributed by atoms with van der Waals surface area (Å²) in [6.45, 7) is 9.50. The van der Waals surface area contributed by atoms with E-state index in [0.717, 1.165) is 12.2 Å². The molecule has 3 heteroatoms. The molecule has 3 nitrogen and oxygen atoms in total. The number of nitrogens with two attached hydrogens (primary N) is 1. The number of hydrogen-bond acceptors (Lipinski definition) is 3. The fraction of sp³-hybridized carbons (Fsp3) is 0.643. The maximum atomic E-state index is 5.56. The van der Waals surface area contributed by atoms with Crippen LogP contribution in [0.25, 0.3) is 0 Å². The molecule has 0 fully saturated rings. The molecule has 2 N–H and O–H groups in total. The van der Waals surface area contributed by atoms with Crippen LogP contribution in [0.1, 0.15) is 31.9 Å². The molecule has 17 heavy (non-hydrogen) atoms. The topological polar surface area (TPSA) is 42.1 Å². The van der Waals surface area contributed by atoms with Gasteiger partial charge >= 0.3 is 0 Å². The molecule has 0 saturated heterocycles. The number of aromatic nitrogens is 1. The minimum Gasteiger partial charge on any atom is -0.357 e. The SMILES string of the molecule is Cc1cc(CCN)cnc1N(C)C(C)C(C)C. The molecule has 0 aliphatic heterocycles. The Morgan fingerprint density at radius 2 is 2.00 bits per heavy atom. The van der Waals surface area contributed by atoms with Gasteiger partial charge in [-0.2, -0.15) is 0 Å². The largest absolute Gasteiger partial charge is 0.357 e. The van der Waals surface area contributed by atoms with Gasteiger partial charge in [-0.1, -0.05) is 19.9 Å².